The molecule has 1 aliphatic rings. The van der Waals surface area contributed by atoms with E-state index in [1.165, 1.54) is 24.0 Å². The Bertz CT molecular complexity index is 606. The van der Waals surface area contributed by atoms with Crippen molar-refractivity contribution in [2.24, 2.45) is 0 Å². The fourth-order valence-corrected chi connectivity index (χ4v) is 2.19. The van der Waals surface area contributed by atoms with Crippen LogP contribution in [0.5, 0.6) is 11.6 Å². The molecule has 2 aromatic rings. The van der Waals surface area contributed by atoms with Gasteiger partial charge < -0.3 is 10.1 Å². The Morgan fingerprint density at radius 3 is 2.80 bits per heavy atom. The van der Waals surface area contributed by atoms with Gasteiger partial charge in [0, 0.05) is 24.8 Å². The van der Waals surface area contributed by atoms with Gasteiger partial charge in [-0.15, -0.1) is 0 Å². The first kappa shape index (κ1) is 13.1. The Labute approximate surface area is 120 Å². The van der Waals surface area contributed by atoms with Crippen LogP contribution >= 0.6 is 0 Å². The molecule has 3 heteroatoms. The third-order valence-corrected chi connectivity index (χ3v) is 3.52. The third-order valence-electron chi connectivity index (χ3n) is 3.52. The fraction of sp³-hybridized carbons (Fsp3) is 0.353. The molecule has 0 amide bonds. The number of pyridine rings is 1. The number of hydrogen-bond donors (Lipinski definition) is 1. The number of ether oxygens (including phenoxy) is 1. The predicted molar refractivity (Wildman–Crippen MR) is 80.1 cm³/mol. The molecule has 1 fully saturated rings. The molecule has 0 bridgehead atoms. The number of benzene rings is 1. The van der Waals surface area contributed by atoms with Crippen molar-refractivity contribution < 1.29 is 4.74 Å². The van der Waals surface area contributed by atoms with Gasteiger partial charge in [-0.1, -0.05) is 17.7 Å². The molecule has 104 valence electrons. The summed E-state index contributed by atoms with van der Waals surface area (Å²) in [6.45, 7) is 5.02. The van der Waals surface area contributed by atoms with E-state index in [2.05, 4.69) is 36.3 Å². The van der Waals surface area contributed by atoms with Crippen LogP contribution in [-0.2, 0) is 6.54 Å². The van der Waals surface area contributed by atoms with E-state index < -0.39 is 0 Å². The Balaban J connectivity index is 1.70. The zero-order chi connectivity index (χ0) is 13.9. The Morgan fingerprint density at radius 1 is 1.20 bits per heavy atom. The molecule has 3 rings (SSSR count). The standard InChI is InChI=1S/C17H20N2O/c1-12-3-6-16(13(2)9-12)20-17-10-14(7-8-18-17)11-19-15-4-5-15/h3,6-10,15,19H,4-5,11H2,1-2H3. The normalized spacial score (nSPS) is 14.3. The summed E-state index contributed by atoms with van der Waals surface area (Å²) in [4.78, 5) is 4.29. The van der Waals surface area contributed by atoms with Crippen LogP contribution in [-0.4, -0.2) is 11.0 Å². The van der Waals surface area contributed by atoms with E-state index in [1.807, 2.05) is 24.4 Å². The second-order valence-electron chi connectivity index (χ2n) is 5.53. The summed E-state index contributed by atoms with van der Waals surface area (Å²) in [5.41, 5.74) is 3.59. The highest BCUT2D eigenvalue weighted by Crippen LogP contribution is 2.25. The second-order valence-corrected chi connectivity index (χ2v) is 5.53. The van der Waals surface area contributed by atoms with Crippen molar-refractivity contribution >= 4 is 0 Å². The minimum atomic E-state index is 0.659. The van der Waals surface area contributed by atoms with Gasteiger partial charge in [0.25, 0.3) is 0 Å². The maximum absolute atomic E-state index is 5.89. The monoisotopic (exact) mass is 268 g/mol. The summed E-state index contributed by atoms with van der Waals surface area (Å²) < 4.78 is 5.89. The predicted octanol–water partition coefficient (Wildman–Crippen LogP) is 3.74. The van der Waals surface area contributed by atoms with Gasteiger partial charge in [0.1, 0.15) is 5.75 Å². The first-order valence-electron chi connectivity index (χ1n) is 7.14. The van der Waals surface area contributed by atoms with Gasteiger partial charge >= 0.3 is 0 Å². The van der Waals surface area contributed by atoms with Gasteiger partial charge in [0.2, 0.25) is 5.88 Å². The molecule has 0 saturated heterocycles. The van der Waals surface area contributed by atoms with Crippen molar-refractivity contribution in [3.8, 4) is 11.6 Å². The second kappa shape index (κ2) is 5.63. The average Bonchev–Trinajstić information content (AvgIpc) is 3.24. The maximum atomic E-state index is 5.89. The average molecular weight is 268 g/mol. The van der Waals surface area contributed by atoms with Gasteiger partial charge in [-0.25, -0.2) is 4.98 Å². The van der Waals surface area contributed by atoms with Crippen LogP contribution in [0.2, 0.25) is 0 Å². The largest absolute Gasteiger partial charge is 0.439 e. The number of aromatic nitrogens is 1. The van der Waals surface area contributed by atoms with Crippen molar-refractivity contribution in [1.29, 1.82) is 0 Å². The quantitative estimate of drug-likeness (QED) is 0.897. The summed E-state index contributed by atoms with van der Waals surface area (Å²) >= 11 is 0. The fourth-order valence-electron chi connectivity index (χ4n) is 2.19. The van der Waals surface area contributed by atoms with Crippen molar-refractivity contribution in [1.82, 2.24) is 10.3 Å². The van der Waals surface area contributed by atoms with Gasteiger partial charge in [0.05, 0.1) is 0 Å². The lowest BCUT2D eigenvalue weighted by atomic mass is 10.1. The summed E-state index contributed by atoms with van der Waals surface area (Å²) in [7, 11) is 0. The smallest absolute Gasteiger partial charge is 0.219 e. The molecule has 0 unspecified atom stereocenters. The Morgan fingerprint density at radius 2 is 2.05 bits per heavy atom. The molecule has 0 spiro atoms. The number of nitrogens with zero attached hydrogens (tertiary/aromatic N) is 1. The van der Waals surface area contributed by atoms with Crippen LogP contribution in [0, 0.1) is 13.8 Å². The Hall–Kier alpha value is -1.87. The van der Waals surface area contributed by atoms with E-state index in [0.717, 1.165) is 17.9 Å². The van der Waals surface area contributed by atoms with E-state index in [1.54, 1.807) is 0 Å². The van der Waals surface area contributed by atoms with Crippen LogP contribution in [0.1, 0.15) is 29.5 Å². The molecule has 1 saturated carbocycles. The lowest BCUT2D eigenvalue weighted by molar-refractivity contribution is 0.458. The minimum absolute atomic E-state index is 0.659. The van der Waals surface area contributed by atoms with E-state index in [4.69, 9.17) is 4.74 Å². The van der Waals surface area contributed by atoms with Crippen molar-refractivity contribution in [3.63, 3.8) is 0 Å². The topological polar surface area (TPSA) is 34.1 Å². The number of rotatable bonds is 5. The van der Waals surface area contributed by atoms with E-state index in [-0.39, 0.29) is 0 Å². The molecule has 3 nitrogen and oxygen atoms in total. The molecular formula is C17H20N2O. The van der Waals surface area contributed by atoms with Gasteiger partial charge in [0.15, 0.2) is 0 Å². The zero-order valence-electron chi connectivity index (χ0n) is 12.0. The van der Waals surface area contributed by atoms with Crippen LogP contribution < -0.4 is 10.1 Å². The Kier molecular flexibility index (Phi) is 3.70. The van der Waals surface area contributed by atoms with Gasteiger partial charge in [-0.2, -0.15) is 0 Å². The molecule has 1 aliphatic carbocycles. The summed E-state index contributed by atoms with van der Waals surface area (Å²) in [6.07, 6.45) is 4.41. The highest BCUT2D eigenvalue weighted by molar-refractivity contribution is 5.38. The van der Waals surface area contributed by atoms with Gasteiger partial charge in [-0.3, -0.25) is 0 Å². The van der Waals surface area contributed by atoms with Crippen molar-refractivity contribution in [2.45, 2.75) is 39.3 Å². The first-order chi connectivity index (χ1) is 9.70. The molecule has 1 heterocycles. The first-order valence-corrected chi connectivity index (χ1v) is 7.14. The van der Waals surface area contributed by atoms with E-state index in [0.29, 0.717) is 11.9 Å². The van der Waals surface area contributed by atoms with Gasteiger partial charge in [-0.05, 0) is 49.9 Å². The molecule has 0 atom stereocenters. The van der Waals surface area contributed by atoms with Crippen LogP contribution in [0.15, 0.2) is 36.5 Å². The molecule has 1 N–H and O–H groups in total. The third kappa shape index (κ3) is 3.36. The van der Waals surface area contributed by atoms with Crippen molar-refractivity contribution in [2.75, 3.05) is 0 Å². The van der Waals surface area contributed by atoms with Crippen molar-refractivity contribution in [3.05, 3.63) is 53.2 Å². The minimum Gasteiger partial charge on any atom is -0.439 e. The molecular weight excluding hydrogens is 248 g/mol. The molecule has 0 aliphatic heterocycles. The highest BCUT2D eigenvalue weighted by atomic mass is 16.5. The van der Waals surface area contributed by atoms with E-state index >= 15 is 0 Å². The molecule has 20 heavy (non-hydrogen) atoms. The summed E-state index contributed by atoms with van der Waals surface area (Å²) in [6, 6.07) is 10.9. The number of nitrogens with one attached hydrogen (secondary N) is 1. The van der Waals surface area contributed by atoms with Crippen LogP contribution in [0.25, 0.3) is 0 Å². The molecule has 0 radical (unpaired) electrons. The SMILES string of the molecule is Cc1ccc(Oc2cc(CNC3CC3)ccn2)c(C)c1. The lowest BCUT2D eigenvalue weighted by Crippen LogP contribution is -2.15. The van der Waals surface area contributed by atoms with Crippen LogP contribution in [0.4, 0.5) is 0 Å². The summed E-state index contributed by atoms with van der Waals surface area (Å²) in [5.74, 6) is 1.53. The zero-order valence-corrected chi connectivity index (χ0v) is 12.0. The van der Waals surface area contributed by atoms with E-state index in [9.17, 15) is 0 Å². The number of aryl methyl sites for hydroxylation is 2. The molecule has 1 aromatic heterocycles. The molecule has 1 aromatic carbocycles. The van der Waals surface area contributed by atoms with Crippen LogP contribution in [0.3, 0.4) is 0 Å². The number of hydrogen-bond acceptors (Lipinski definition) is 3. The maximum Gasteiger partial charge on any atom is 0.219 e. The summed E-state index contributed by atoms with van der Waals surface area (Å²) in [5, 5.41) is 3.50. The lowest BCUT2D eigenvalue weighted by Gasteiger charge is -2.10. The highest BCUT2D eigenvalue weighted by Gasteiger charge is 2.19.